The van der Waals surface area contributed by atoms with E-state index in [1.807, 2.05) is 86.0 Å². The van der Waals surface area contributed by atoms with Gasteiger partial charge in [0, 0.05) is 5.70 Å². The largest absolute Gasteiger partial charge is 0.334 e. The number of hydrogen-bond acceptors (Lipinski definition) is 5. The number of thiophene rings is 1. The molecule has 0 fully saturated rings. The first kappa shape index (κ1) is 19.3. The summed E-state index contributed by atoms with van der Waals surface area (Å²) in [7, 11) is 0. The van der Waals surface area contributed by atoms with Crippen LogP contribution < -0.4 is 10.2 Å². The maximum Gasteiger partial charge on any atom is 0.326 e. The maximum absolute atomic E-state index is 13.2. The van der Waals surface area contributed by atoms with Crippen molar-refractivity contribution in [3.8, 4) is 10.7 Å². The second-order valence-corrected chi connectivity index (χ2v) is 8.31. The SMILES string of the molecule is CC1=C(c2nc(-c3cccs3)no2)C(c2ccccc2)NC(=O)N1c1ccc(C)cc1. The number of allylic oxidation sites excluding steroid dienone is 1. The second-order valence-electron chi connectivity index (χ2n) is 7.36. The van der Waals surface area contributed by atoms with E-state index in [0.29, 0.717) is 11.7 Å². The predicted octanol–water partition coefficient (Wildman–Crippen LogP) is 5.81. The predicted molar refractivity (Wildman–Crippen MR) is 122 cm³/mol. The van der Waals surface area contributed by atoms with Crippen molar-refractivity contribution in [3.63, 3.8) is 0 Å². The molecular weight excluding hydrogens is 408 g/mol. The van der Waals surface area contributed by atoms with Gasteiger partial charge in [-0.2, -0.15) is 4.98 Å². The van der Waals surface area contributed by atoms with Gasteiger partial charge in [-0.3, -0.25) is 4.90 Å². The van der Waals surface area contributed by atoms with Crippen molar-refractivity contribution in [1.82, 2.24) is 15.5 Å². The van der Waals surface area contributed by atoms with E-state index in [1.165, 1.54) is 0 Å². The number of carbonyl (C=O) groups is 1. The molecule has 0 saturated heterocycles. The monoisotopic (exact) mass is 428 g/mol. The third-order valence-electron chi connectivity index (χ3n) is 5.31. The molecule has 1 unspecified atom stereocenters. The molecule has 0 spiro atoms. The molecule has 1 aliphatic heterocycles. The number of urea groups is 1. The van der Waals surface area contributed by atoms with Crippen LogP contribution >= 0.6 is 11.3 Å². The molecule has 154 valence electrons. The summed E-state index contributed by atoms with van der Waals surface area (Å²) in [6, 6.07) is 21.0. The van der Waals surface area contributed by atoms with Gasteiger partial charge in [-0.25, -0.2) is 4.79 Å². The first-order valence-corrected chi connectivity index (χ1v) is 10.8. The Kier molecular flexibility index (Phi) is 4.88. The van der Waals surface area contributed by atoms with Crippen LogP contribution in [0.4, 0.5) is 10.5 Å². The van der Waals surface area contributed by atoms with E-state index in [9.17, 15) is 4.79 Å². The molecule has 31 heavy (non-hydrogen) atoms. The third kappa shape index (κ3) is 3.53. The second kappa shape index (κ2) is 7.85. The molecule has 1 atom stereocenters. The molecule has 2 amide bonds. The fourth-order valence-electron chi connectivity index (χ4n) is 3.76. The summed E-state index contributed by atoms with van der Waals surface area (Å²) in [5.74, 6) is 0.933. The number of amides is 2. The highest BCUT2D eigenvalue weighted by Gasteiger charge is 2.36. The van der Waals surface area contributed by atoms with E-state index in [2.05, 4.69) is 15.5 Å². The molecule has 1 N–H and O–H groups in total. The molecule has 0 radical (unpaired) electrons. The van der Waals surface area contributed by atoms with Gasteiger partial charge < -0.3 is 9.84 Å². The first-order valence-electron chi connectivity index (χ1n) is 9.93. The van der Waals surface area contributed by atoms with Crippen LogP contribution in [0.1, 0.15) is 30.0 Å². The van der Waals surface area contributed by atoms with Crippen molar-refractivity contribution in [2.24, 2.45) is 0 Å². The number of carbonyl (C=O) groups excluding carboxylic acids is 1. The van der Waals surface area contributed by atoms with Crippen molar-refractivity contribution in [3.05, 3.63) is 94.8 Å². The van der Waals surface area contributed by atoms with E-state index >= 15 is 0 Å². The third-order valence-corrected chi connectivity index (χ3v) is 6.17. The molecule has 0 aliphatic carbocycles. The number of aromatic nitrogens is 2. The first-order chi connectivity index (χ1) is 15.1. The van der Waals surface area contributed by atoms with Crippen molar-refractivity contribution < 1.29 is 9.32 Å². The summed E-state index contributed by atoms with van der Waals surface area (Å²) < 4.78 is 5.70. The molecule has 5 rings (SSSR count). The number of anilines is 1. The van der Waals surface area contributed by atoms with Gasteiger partial charge in [0.15, 0.2) is 0 Å². The Bertz CT molecular complexity index is 1240. The molecule has 0 bridgehead atoms. The molecule has 1 aliphatic rings. The van der Waals surface area contributed by atoms with Gasteiger partial charge in [0.2, 0.25) is 5.82 Å². The minimum absolute atomic E-state index is 0.197. The van der Waals surface area contributed by atoms with Crippen molar-refractivity contribution >= 4 is 28.6 Å². The Labute approximate surface area is 183 Å². The summed E-state index contributed by atoms with van der Waals surface area (Å²) in [6.07, 6.45) is 0. The quantitative estimate of drug-likeness (QED) is 0.445. The van der Waals surface area contributed by atoms with Crippen LogP contribution in [0.25, 0.3) is 16.3 Å². The van der Waals surface area contributed by atoms with Crippen LogP contribution in [0.5, 0.6) is 0 Å². The standard InChI is InChI=1S/C24H20N4O2S/c1-15-10-12-18(13-11-15)28-16(2)20(21(25-24(28)29)17-7-4-3-5-8-17)23-26-22(27-30-23)19-9-6-14-31-19/h3-14,21H,1-2H3,(H,25,29). The molecule has 3 heterocycles. The molecule has 2 aromatic heterocycles. The Morgan fingerprint density at radius 2 is 1.77 bits per heavy atom. The molecule has 2 aromatic carbocycles. The average molecular weight is 429 g/mol. The summed E-state index contributed by atoms with van der Waals surface area (Å²) in [5.41, 5.74) is 4.39. The van der Waals surface area contributed by atoms with E-state index in [0.717, 1.165) is 33.0 Å². The highest BCUT2D eigenvalue weighted by molar-refractivity contribution is 7.13. The Morgan fingerprint density at radius 1 is 1.00 bits per heavy atom. The summed E-state index contributed by atoms with van der Waals surface area (Å²) in [6.45, 7) is 3.93. The topological polar surface area (TPSA) is 71.3 Å². The Hall–Kier alpha value is -3.71. The van der Waals surface area contributed by atoms with Crippen LogP contribution in [0.2, 0.25) is 0 Å². The van der Waals surface area contributed by atoms with Crippen LogP contribution in [0.3, 0.4) is 0 Å². The number of benzene rings is 2. The van der Waals surface area contributed by atoms with Gasteiger partial charge in [-0.05, 0) is 43.0 Å². The van der Waals surface area contributed by atoms with Gasteiger partial charge in [0.05, 0.1) is 22.2 Å². The zero-order valence-corrected chi connectivity index (χ0v) is 17.9. The minimum Gasteiger partial charge on any atom is -0.334 e. The number of rotatable bonds is 4. The fourth-order valence-corrected chi connectivity index (χ4v) is 4.41. The van der Waals surface area contributed by atoms with E-state index < -0.39 is 6.04 Å². The van der Waals surface area contributed by atoms with Gasteiger partial charge in [-0.15, -0.1) is 11.3 Å². The molecule has 7 heteroatoms. The highest BCUT2D eigenvalue weighted by Crippen LogP contribution is 2.39. The smallest absolute Gasteiger partial charge is 0.326 e. The molecule has 0 saturated carbocycles. The van der Waals surface area contributed by atoms with Gasteiger partial charge in [0.1, 0.15) is 0 Å². The summed E-state index contributed by atoms with van der Waals surface area (Å²) in [4.78, 5) is 20.4. The Balaban J connectivity index is 1.66. The Morgan fingerprint density at radius 3 is 2.48 bits per heavy atom. The zero-order chi connectivity index (χ0) is 21.4. The lowest BCUT2D eigenvalue weighted by atomic mass is 9.94. The van der Waals surface area contributed by atoms with Gasteiger partial charge in [0.25, 0.3) is 5.89 Å². The number of nitrogens with one attached hydrogen (secondary N) is 1. The normalized spacial score (nSPS) is 16.5. The van der Waals surface area contributed by atoms with E-state index in [1.54, 1.807) is 16.2 Å². The summed E-state index contributed by atoms with van der Waals surface area (Å²) in [5, 5.41) is 9.28. The van der Waals surface area contributed by atoms with E-state index in [-0.39, 0.29) is 6.03 Å². The highest BCUT2D eigenvalue weighted by atomic mass is 32.1. The molecule has 4 aromatic rings. The molecular formula is C24H20N4O2S. The lowest BCUT2D eigenvalue weighted by molar-refractivity contribution is 0.244. The summed E-state index contributed by atoms with van der Waals surface area (Å²) >= 11 is 1.55. The lowest BCUT2D eigenvalue weighted by Gasteiger charge is -2.35. The average Bonchev–Trinajstić information content (AvgIpc) is 3.47. The fraction of sp³-hybridized carbons (Fsp3) is 0.125. The number of aryl methyl sites for hydroxylation is 1. The van der Waals surface area contributed by atoms with Gasteiger partial charge in [-0.1, -0.05) is 59.3 Å². The van der Waals surface area contributed by atoms with Crippen LogP contribution in [-0.2, 0) is 0 Å². The number of nitrogens with zero attached hydrogens (tertiary/aromatic N) is 3. The number of hydrogen-bond donors (Lipinski definition) is 1. The van der Waals surface area contributed by atoms with Crippen LogP contribution in [0.15, 0.2) is 82.3 Å². The van der Waals surface area contributed by atoms with Crippen LogP contribution in [0, 0.1) is 6.92 Å². The van der Waals surface area contributed by atoms with Crippen LogP contribution in [-0.4, -0.2) is 16.2 Å². The lowest BCUT2D eigenvalue weighted by Crippen LogP contribution is -2.46. The molecule has 6 nitrogen and oxygen atoms in total. The minimum atomic E-state index is -0.396. The zero-order valence-electron chi connectivity index (χ0n) is 17.1. The van der Waals surface area contributed by atoms with Crippen molar-refractivity contribution in [2.75, 3.05) is 4.90 Å². The van der Waals surface area contributed by atoms with E-state index in [4.69, 9.17) is 4.52 Å². The van der Waals surface area contributed by atoms with Crippen molar-refractivity contribution in [2.45, 2.75) is 19.9 Å². The van der Waals surface area contributed by atoms with Crippen molar-refractivity contribution in [1.29, 1.82) is 0 Å². The maximum atomic E-state index is 13.2. The van der Waals surface area contributed by atoms with Gasteiger partial charge >= 0.3 is 6.03 Å².